The molecule has 3 rings (SSSR count). The van der Waals surface area contributed by atoms with Crippen LogP contribution in [0.25, 0.3) is 16.8 Å². The Labute approximate surface area is 161 Å². The second kappa shape index (κ2) is 8.81. The van der Waals surface area contributed by atoms with Crippen molar-refractivity contribution in [3.63, 3.8) is 0 Å². The van der Waals surface area contributed by atoms with Crippen molar-refractivity contribution >= 4 is 34.4 Å². The van der Waals surface area contributed by atoms with Gasteiger partial charge < -0.3 is 14.8 Å². The lowest BCUT2D eigenvalue weighted by molar-refractivity contribution is -0.142. The lowest BCUT2D eigenvalue weighted by atomic mass is 10.1. The fourth-order valence-electron chi connectivity index (χ4n) is 2.57. The van der Waals surface area contributed by atoms with Crippen molar-refractivity contribution in [2.24, 2.45) is 0 Å². The molecule has 3 aromatic carbocycles. The van der Waals surface area contributed by atoms with E-state index in [0.717, 1.165) is 22.1 Å². The Bertz CT molecular complexity index is 1050. The van der Waals surface area contributed by atoms with Gasteiger partial charge in [0.2, 0.25) is 0 Å². The fourth-order valence-corrected chi connectivity index (χ4v) is 2.57. The highest BCUT2D eigenvalue weighted by atomic mass is 19.1. The molecule has 0 spiro atoms. The number of fused-ring (bicyclic) bond motifs is 1. The van der Waals surface area contributed by atoms with Gasteiger partial charge in [0.1, 0.15) is 11.6 Å². The zero-order chi connectivity index (χ0) is 19.9. The molecule has 0 aliphatic carbocycles. The minimum atomic E-state index is -0.668. The Hall–Kier alpha value is -3.67. The molecule has 0 atom stereocenters. The minimum absolute atomic E-state index is 0.0342. The predicted octanol–water partition coefficient (Wildman–Crippen LogP) is 4.18. The van der Waals surface area contributed by atoms with Crippen molar-refractivity contribution in [3.05, 3.63) is 78.1 Å². The van der Waals surface area contributed by atoms with Crippen molar-refractivity contribution < 1.29 is 23.5 Å². The molecule has 6 heteroatoms. The number of carbonyl (C=O) groups is 2. The molecule has 0 unspecified atom stereocenters. The maximum Gasteiger partial charge on any atom is 0.331 e. The molecule has 0 saturated carbocycles. The van der Waals surface area contributed by atoms with Crippen molar-refractivity contribution in [2.45, 2.75) is 0 Å². The molecule has 0 saturated heterocycles. The second-order valence-corrected chi connectivity index (χ2v) is 5.94. The number of halogens is 1. The molecular weight excluding hydrogens is 361 g/mol. The highest BCUT2D eigenvalue weighted by molar-refractivity contribution is 5.95. The topological polar surface area (TPSA) is 64.6 Å². The van der Waals surface area contributed by atoms with Gasteiger partial charge in [-0.25, -0.2) is 9.18 Å². The number of amides is 1. The van der Waals surface area contributed by atoms with E-state index in [9.17, 15) is 14.0 Å². The largest absolute Gasteiger partial charge is 0.497 e. The van der Waals surface area contributed by atoms with E-state index in [0.29, 0.717) is 0 Å². The number of anilines is 1. The first-order valence-electron chi connectivity index (χ1n) is 8.52. The summed E-state index contributed by atoms with van der Waals surface area (Å²) in [4.78, 5) is 23.6. The summed E-state index contributed by atoms with van der Waals surface area (Å²) in [7, 11) is 1.61. The van der Waals surface area contributed by atoms with Crippen LogP contribution in [0.15, 0.2) is 66.7 Å². The number of hydrogen-bond donors (Lipinski definition) is 1. The molecule has 0 radical (unpaired) electrons. The summed E-state index contributed by atoms with van der Waals surface area (Å²) in [5, 5.41) is 4.36. The van der Waals surface area contributed by atoms with E-state index in [1.807, 2.05) is 36.4 Å². The summed E-state index contributed by atoms with van der Waals surface area (Å²) in [6.45, 7) is -0.505. The summed E-state index contributed by atoms with van der Waals surface area (Å²) in [5.74, 6) is -1.07. The smallest absolute Gasteiger partial charge is 0.331 e. The maximum atomic E-state index is 13.5. The Morgan fingerprint density at radius 1 is 1.04 bits per heavy atom. The lowest BCUT2D eigenvalue weighted by Gasteiger charge is -2.06. The van der Waals surface area contributed by atoms with E-state index in [1.54, 1.807) is 19.3 Å². The summed E-state index contributed by atoms with van der Waals surface area (Å²) >= 11 is 0. The number of rotatable bonds is 6. The van der Waals surface area contributed by atoms with Gasteiger partial charge in [0.05, 0.1) is 12.8 Å². The number of esters is 1. The van der Waals surface area contributed by atoms with Crippen LogP contribution in [0.5, 0.6) is 5.75 Å². The molecule has 0 aromatic heterocycles. The molecule has 0 bridgehead atoms. The van der Waals surface area contributed by atoms with Gasteiger partial charge in [-0.05, 0) is 52.7 Å². The number of methoxy groups -OCH3 is 1. The molecule has 5 nitrogen and oxygen atoms in total. The zero-order valence-corrected chi connectivity index (χ0v) is 15.1. The van der Waals surface area contributed by atoms with Crippen LogP contribution in [0.2, 0.25) is 0 Å². The van der Waals surface area contributed by atoms with Crippen molar-refractivity contribution in [2.75, 3.05) is 19.0 Å². The lowest BCUT2D eigenvalue weighted by Crippen LogP contribution is -2.20. The molecule has 0 aliphatic rings. The first kappa shape index (κ1) is 19.1. The monoisotopic (exact) mass is 379 g/mol. The van der Waals surface area contributed by atoms with Crippen LogP contribution in [0.1, 0.15) is 5.56 Å². The minimum Gasteiger partial charge on any atom is -0.497 e. The van der Waals surface area contributed by atoms with Gasteiger partial charge in [-0.3, -0.25) is 4.79 Å². The zero-order valence-electron chi connectivity index (χ0n) is 15.1. The highest BCUT2D eigenvalue weighted by Crippen LogP contribution is 2.22. The molecule has 0 aliphatic heterocycles. The number of ether oxygens (including phenoxy) is 2. The van der Waals surface area contributed by atoms with E-state index in [2.05, 4.69) is 5.32 Å². The summed E-state index contributed by atoms with van der Waals surface area (Å²) in [6.07, 6.45) is 2.84. The van der Waals surface area contributed by atoms with Crippen LogP contribution >= 0.6 is 0 Å². The van der Waals surface area contributed by atoms with Crippen molar-refractivity contribution in [3.8, 4) is 5.75 Å². The van der Waals surface area contributed by atoms with E-state index in [1.165, 1.54) is 24.3 Å². The predicted molar refractivity (Wildman–Crippen MR) is 106 cm³/mol. The van der Waals surface area contributed by atoms with Crippen LogP contribution in [0.4, 0.5) is 10.1 Å². The Morgan fingerprint density at radius 2 is 1.79 bits per heavy atom. The van der Waals surface area contributed by atoms with Gasteiger partial charge in [0.25, 0.3) is 5.91 Å². The maximum absolute atomic E-state index is 13.5. The number of nitrogens with one attached hydrogen (secondary N) is 1. The third kappa shape index (κ3) is 4.94. The molecule has 1 amide bonds. The summed E-state index contributed by atoms with van der Waals surface area (Å²) < 4.78 is 23.5. The van der Waals surface area contributed by atoms with E-state index in [-0.39, 0.29) is 5.69 Å². The van der Waals surface area contributed by atoms with Crippen LogP contribution in [-0.2, 0) is 14.3 Å². The summed E-state index contributed by atoms with van der Waals surface area (Å²) in [6, 6.07) is 17.2. The molecule has 28 heavy (non-hydrogen) atoms. The number of para-hydroxylation sites is 1. The number of hydrogen-bond acceptors (Lipinski definition) is 4. The second-order valence-electron chi connectivity index (χ2n) is 5.94. The van der Waals surface area contributed by atoms with Gasteiger partial charge >= 0.3 is 5.97 Å². The van der Waals surface area contributed by atoms with Gasteiger partial charge in [0.15, 0.2) is 6.61 Å². The standard InChI is InChI=1S/C22H18FNO4/c1-27-18-10-9-16-12-15(6-8-17(16)13-18)7-11-22(26)28-14-21(25)24-20-5-3-2-4-19(20)23/h2-13H,14H2,1H3,(H,24,25)/b11-7+. The Morgan fingerprint density at radius 3 is 2.57 bits per heavy atom. The van der Waals surface area contributed by atoms with Crippen molar-refractivity contribution in [1.82, 2.24) is 0 Å². The average Bonchev–Trinajstić information content (AvgIpc) is 2.72. The van der Waals surface area contributed by atoms with E-state index in [4.69, 9.17) is 9.47 Å². The highest BCUT2D eigenvalue weighted by Gasteiger charge is 2.08. The third-order valence-electron chi connectivity index (χ3n) is 3.98. The van der Waals surface area contributed by atoms with Gasteiger partial charge in [0, 0.05) is 6.08 Å². The van der Waals surface area contributed by atoms with Crippen LogP contribution < -0.4 is 10.1 Å². The normalized spacial score (nSPS) is 10.8. The van der Waals surface area contributed by atoms with Crippen LogP contribution in [0, 0.1) is 5.82 Å². The first-order valence-corrected chi connectivity index (χ1v) is 8.52. The molecular formula is C22H18FNO4. The molecule has 3 aromatic rings. The third-order valence-corrected chi connectivity index (χ3v) is 3.98. The van der Waals surface area contributed by atoms with Gasteiger partial charge in [-0.2, -0.15) is 0 Å². The molecule has 0 heterocycles. The SMILES string of the molecule is COc1ccc2cc(/C=C/C(=O)OCC(=O)Nc3ccccc3F)ccc2c1. The first-order chi connectivity index (χ1) is 13.5. The quantitative estimate of drug-likeness (QED) is 0.515. The van der Waals surface area contributed by atoms with Crippen molar-refractivity contribution in [1.29, 1.82) is 0 Å². The Balaban J connectivity index is 1.55. The van der Waals surface area contributed by atoms with E-state index >= 15 is 0 Å². The fraction of sp³-hybridized carbons (Fsp3) is 0.0909. The van der Waals surface area contributed by atoms with Gasteiger partial charge in [-0.15, -0.1) is 0 Å². The Kier molecular flexibility index (Phi) is 6.01. The molecule has 0 fully saturated rings. The number of carbonyl (C=O) groups excluding carboxylic acids is 2. The number of benzene rings is 3. The van der Waals surface area contributed by atoms with Crippen LogP contribution in [-0.4, -0.2) is 25.6 Å². The average molecular weight is 379 g/mol. The molecule has 1 N–H and O–H groups in total. The van der Waals surface area contributed by atoms with Crippen LogP contribution in [0.3, 0.4) is 0 Å². The molecule has 142 valence electrons. The van der Waals surface area contributed by atoms with E-state index < -0.39 is 24.3 Å². The van der Waals surface area contributed by atoms with Gasteiger partial charge in [-0.1, -0.05) is 30.3 Å². The summed E-state index contributed by atoms with van der Waals surface area (Å²) in [5.41, 5.74) is 0.845.